The molecule has 0 saturated carbocycles. The summed E-state index contributed by atoms with van der Waals surface area (Å²) in [6, 6.07) is 7.70. The van der Waals surface area contributed by atoms with Crippen LogP contribution in [0.5, 0.6) is 0 Å². The minimum absolute atomic E-state index is 0. The van der Waals surface area contributed by atoms with Gasteiger partial charge in [-0.05, 0) is 66.3 Å². The maximum absolute atomic E-state index is 13.2. The normalized spacial score (nSPS) is 14.5. The maximum atomic E-state index is 13.2. The smallest absolute Gasteiger partial charge is 0.327 e. The fourth-order valence-electron chi connectivity index (χ4n) is 3.75. The Morgan fingerprint density at radius 3 is 2.84 bits per heavy atom. The molecule has 1 amide bonds. The van der Waals surface area contributed by atoms with Gasteiger partial charge in [-0.15, -0.1) is 23.7 Å². The molecule has 0 bridgehead atoms. The van der Waals surface area contributed by atoms with Gasteiger partial charge in [-0.25, -0.2) is 14.3 Å². The van der Waals surface area contributed by atoms with E-state index in [4.69, 9.17) is 5.73 Å². The van der Waals surface area contributed by atoms with Gasteiger partial charge in [0.05, 0.1) is 12.4 Å². The number of nitrogens with two attached hydrogens (primary N) is 1. The fraction of sp³-hybridized carbons (Fsp3) is 0.286. The van der Waals surface area contributed by atoms with Crippen molar-refractivity contribution in [2.45, 2.75) is 32.2 Å². The molecule has 3 heterocycles. The van der Waals surface area contributed by atoms with E-state index in [0.29, 0.717) is 24.7 Å². The Morgan fingerprint density at radius 2 is 2.16 bits per heavy atom. The van der Waals surface area contributed by atoms with Crippen LogP contribution in [-0.2, 0) is 11.2 Å². The van der Waals surface area contributed by atoms with Gasteiger partial charge in [0.25, 0.3) is 0 Å². The lowest BCUT2D eigenvalue weighted by Crippen LogP contribution is -2.23. The van der Waals surface area contributed by atoms with Crippen LogP contribution in [0.1, 0.15) is 34.9 Å². The second-order valence-electron chi connectivity index (χ2n) is 7.34. The number of H-pyrrole nitrogens is 1. The molecule has 3 aromatic rings. The number of benzene rings is 1. The van der Waals surface area contributed by atoms with Gasteiger partial charge in [0.15, 0.2) is 0 Å². The first-order valence-corrected chi connectivity index (χ1v) is 10.4. The molecule has 1 atom stereocenters. The Bertz CT molecular complexity index is 1180. The van der Waals surface area contributed by atoms with Crippen molar-refractivity contribution in [2.24, 2.45) is 5.73 Å². The molecule has 1 aliphatic heterocycles. The summed E-state index contributed by atoms with van der Waals surface area (Å²) in [5.74, 6) is 0.0433. The van der Waals surface area contributed by atoms with E-state index in [1.54, 1.807) is 11.3 Å². The molecule has 0 fully saturated rings. The molecule has 1 aliphatic rings. The molecule has 0 spiro atoms. The van der Waals surface area contributed by atoms with Crippen LogP contribution in [0.2, 0.25) is 0 Å². The molecule has 1 unspecified atom stereocenters. The zero-order valence-corrected chi connectivity index (χ0v) is 18.5. The van der Waals surface area contributed by atoms with Crippen LogP contribution >= 0.6 is 23.7 Å². The van der Waals surface area contributed by atoms with Gasteiger partial charge in [0.2, 0.25) is 5.91 Å². The van der Waals surface area contributed by atoms with Crippen molar-refractivity contribution in [1.82, 2.24) is 14.8 Å². The highest BCUT2D eigenvalue weighted by Crippen LogP contribution is 2.38. The van der Waals surface area contributed by atoms with Gasteiger partial charge in [-0.3, -0.25) is 9.36 Å². The van der Waals surface area contributed by atoms with E-state index in [1.807, 2.05) is 25.1 Å². The number of amides is 1. The van der Waals surface area contributed by atoms with Gasteiger partial charge >= 0.3 is 5.69 Å². The molecule has 0 aliphatic carbocycles. The van der Waals surface area contributed by atoms with Gasteiger partial charge in [0, 0.05) is 28.4 Å². The molecule has 4 rings (SSSR count). The molecule has 1 aromatic carbocycles. The van der Waals surface area contributed by atoms with E-state index in [-0.39, 0.29) is 37.0 Å². The number of fused-ring (bicyclic) bond motifs is 1. The van der Waals surface area contributed by atoms with Crippen LogP contribution in [0.3, 0.4) is 0 Å². The number of nitrogens with zero attached hydrogens (tertiary/aromatic N) is 2. The zero-order valence-electron chi connectivity index (χ0n) is 16.9. The van der Waals surface area contributed by atoms with E-state index in [0.717, 1.165) is 32.1 Å². The summed E-state index contributed by atoms with van der Waals surface area (Å²) in [5, 5.41) is 9.16. The molecule has 0 radical (unpaired) electrons. The standard InChI is InChI=1S/C21H22FN5O2S.ClH/c1-12-6-15(8-14-2-5-19(28)25-20(12)14)17-3-4-18(30-17)16(7-13(9-22)10-23)27-11-24-26-21(27)29;/h3-4,6,8-9,11,16H,2,5,7,10,23H2,1H3,(H,25,28)(H,26,29);1H/b13-9-;. The van der Waals surface area contributed by atoms with Crippen molar-refractivity contribution in [3.63, 3.8) is 0 Å². The number of thiophene rings is 1. The summed E-state index contributed by atoms with van der Waals surface area (Å²) in [6.07, 6.45) is 3.40. The summed E-state index contributed by atoms with van der Waals surface area (Å²) in [7, 11) is 0. The van der Waals surface area contributed by atoms with Gasteiger partial charge in [-0.1, -0.05) is 0 Å². The second-order valence-corrected chi connectivity index (χ2v) is 8.45. The third-order valence-electron chi connectivity index (χ3n) is 5.33. The highest BCUT2D eigenvalue weighted by molar-refractivity contribution is 7.15. The monoisotopic (exact) mass is 463 g/mol. The number of rotatable bonds is 6. The van der Waals surface area contributed by atoms with Crippen LogP contribution in [0.4, 0.5) is 10.1 Å². The number of carbonyl (C=O) groups excluding carboxylic acids is 1. The average Bonchev–Trinajstić information content (AvgIpc) is 3.39. The van der Waals surface area contributed by atoms with Crippen molar-refractivity contribution in [1.29, 1.82) is 0 Å². The zero-order chi connectivity index (χ0) is 21.3. The van der Waals surface area contributed by atoms with Crippen molar-refractivity contribution in [3.8, 4) is 10.4 Å². The van der Waals surface area contributed by atoms with Crippen LogP contribution in [-0.4, -0.2) is 27.2 Å². The van der Waals surface area contributed by atoms with Crippen LogP contribution < -0.4 is 16.7 Å². The topological polar surface area (TPSA) is 106 Å². The third-order valence-corrected chi connectivity index (χ3v) is 6.56. The predicted molar refractivity (Wildman–Crippen MR) is 123 cm³/mol. The Kier molecular flexibility index (Phi) is 7.09. The summed E-state index contributed by atoms with van der Waals surface area (Å²) >= 11 is 1.54. The number of anilines is 1. The van der Waals surface area contributed by atoms with E-state index >= 15 is 0 Å². The van der Waals surface area contributed by atoms with Gasteiger partial charge in [0.1, 0.15) is 6.33 Å². The summed E-state index contributed by atoms with van der Waals surface area (Å²) in [4.78, 5) is 25.8. The number of hydrogen-bond donors (Lipinski definition) is 3. The predicted octanol–water partition coefficient (Wildman–Crippen LogP) is 3.71. The molecule has 164 valence electrons. The van der Waals surface area contributed by atoms with Gasteiger partial charge in [-0.2, -0.15) is 5.10 Å². The SMILES string of the molecule is Cc1cc(-c2ccc(C(C/C(=C/F)CN)n3cn[nH]c3=O)s2)cc2c1NC(=O)CC2.Cl. The number of aromatic amines is 1. The molecular weight excluding hydrogens is 441 g/mol. The number of halogens is 2. The lowest BCUT2D eigenvalue weighted by Gasteiger charge is -2.20. The van der Waals surface area contributed by atoms with Crippen LogP contribution in [0, 0.1) is 6.92 Å². The Hall–Kier alpha value is -2.75. The van der Waals surface area contributed by atoms with Crippen molar-refractivity contribution in [2.75, 3.05) is 11.9 Å². The average molecular weight is 464 g/mol. The lowest BCUT2D eigenvalue weighted by atomic mass is 9.96. The highest BCUT2D eigenvalue weighted by atomic mass is 35.5. The van der Waals surface area contributed by atoms with Crippen molar-refractivity contribution < 1.29 is 9.18 Å². The minimum atomic E-state index is -0.404. The third kappa shape index (κ3) is 4.63. The summed E-state index contributed by atoms with van der Waals surface area (Å²) < 4.78 is 14.7. The van der Waals surface area contributed by atoms with Gasteiger partial charge < -0.3 is 11.1 Å². The Balaban J connectivity index is 0.00000272. The molecular formula is C21H23ClFN5O2S. The Morgan fingerprint density at radius 1 is 1.35 bits per heavy atom. The van der Waals surface area contributed by atoms with E-state index < -0.39 is 6.04 Å². The first-order chi connectivity index (χ1) is 14.5. The molecule has 2 aromatic heterocycles. The van der Waals surface area contributed by atoms with E-state index in [9.17, 15) is 14.0 Å². The first kappa shape index (κ1) is 22.9. The maximum Gasteiger partial charge on any atom is 0.343 e. The van der Waals surface area contributed by atoms with Crippen molar-refractivity contribution in [3.05, 3.63) is 69.0 Å². The molecule has 10 heteroatoms. The molecule has 0 saturated heterocycles. The highest BCUT2D eigenvalue weighted by Gasteiger charge is 2.22. The molecule has 4 N–H and O–H groups in total. The number of nitrogens with one attached hydrogen (secondary N) is 2. The lowest BCUT2D eigenvalue weighted by molar-refractivity contribution is -0.116. The number of hydrogen-bond acceptors (Lipinski definition) is 5. The summed E-state index contributed by atoms with van der Waals surface area (Å²) in [6.45, 7) is 2.06. The molecule has 31 heavy (non-hydrogen) atoms. The van der Waals surface area contributed by atoms with Crippen LogP contribution in [0.15, 0.2) is 47.3 Å². The quantitative estimate of drug-likeness (QED) is 0.518. The number of carbonyl (C=O) groups is 1. The number of aryl methyl sites for hydroxylation is 2. The largest absolute Gasteiger partial charge is 0.343 e. The van der Waals surface area contributed by atoms with Crippen LogP contribution in [0.25, 0.3) is 10.4 Å². The molecule has 7 nitrogen and oxygen atoms in total. The minimum Gasteiger partial charge on any atom is -0.327 e. The van der Waals surface area contributed by atoms with Crippen molar-refractivity contribution >= 4 is 35.3 Å². The first-order valence-electron chi connectivity index (χ1n) is 9.63. The second kappa shape index (κ2) is 9.59. The summed E-state index contributed by atoms with van der Waals surface area (Å²) in [5.41, 5.74) is 9.79. The Labute approximate surface area is 188 Å². The van der Waals surface area contributed by atoms with E-state index in [1.165, 1.54) is 10.9 Å². The number of aromatic nitrogens is 3. The fourth-order valence-corrected chi connectivity index (χ4v) is 4.85. The van der Waals surface area contributed by atoms with E-state index in [2.05, 4.69) is 21.6 Å².